The first-order valence-corrected chi connectivity index (χ1v) is 12.7. The van der Waals surface area contributed by atoms with Crippen LogP contribution in [0.3, 0.4) is 0 Å². The third kappa shape index (κ3) is 5.01. The summed E-state index contributed by atoms with van der Waals surface area (Å²) in [6, 6.07) is 16.2. The van der Waals surface area contributed by atoms with E-state index in [1.54, 1.807) is 4.90 Å². The zero-order valence-corrected chi connectivity index (χ0v) is 20.1. The van der Waals surface area contributed by atoms with E-state index < -0.39 is 6.04 Å². The number of amides is 2. The lowest BCUT2D eigenvalue weighted by atomic mass is 9.80. The SMILES string of the molecule is C=C1CCC(N2Cc3cc(C[C@H]4CCCC[C@@H]4NCc4ccc(C#N)cc4)ccc3C2=O)C(=O)N1. The van der Waals surface area contributed by atoms with E-state index in [-0.39, 0.29) is 11.8 Å². The van der Waals surface area contributed by atoms with Crippen molar-refractivity contribution < 1.29 is 9.59 Å². The van der Waals surface area contributed by atoms with Crippen LogP contribution in [0.4, 0.5) is 0 Å². The second-order valence-corrected chi connectivity index (χ2v) is 10.1. The number of nitrogens with zero attached hydrogens (tertiary/aromatic N) is 2. The molecule has 5 rings (SSSR count). The summed E-state index contributed by atoms with van der Waals surface area (Å²) < 4.78 is 0. The highest BCUT2D eigenvalue weighted by Crippen LogP contribution is 2.32. The largest absolute Gasteiger partial charge is 0.329 e. The number of carbonyl (C=O) groups excluding carboxylic acids is 2. The molecule has 6 heteroatoms. The predicted molar refractivity (Wildman–Crippen MR) is 134 cm³/mol. The summed E-state index contributed by atoms with van der Waals surface area (Å²) >= 11 is 0. The number of hydrogen-bond acceptors (Lipinski definition) is 4. The molecular weight excluding hydrogens is 436 g/mol. The van der Waals surface area contributed by atoms with Gasteiger partial charge in [-0.25, -0.2) is 0 Å². The van der Waals surface area contributed by atoms with Crippen molar-refractivity contribution >= 4 is 11.8 Å². The number of nitrogens with one attached hydrogen (secondary N) is 2. The third-order valence-electron chi connectivity index (χ3n) is 7.76. The van der Waals surface area contributed by atoms with Crippen molar-refractivity contribution in [2.75, 3.05) is 0 Å². The van der Waals surface area contributed by atoms with Crippen molar-refractivity contribution in [2.45, 2.75) is 70.1 Å². The van der Waals surface area contributed by atoms with Gasteiger partial charge in [0.15, 0.2) is 0 Å². The number of rotatable bonds is 6. The Hall–Kier alpha value is -3.43. The smallest absolute Gasteiger partial charge is 0.255 e. The van der Waals surface area contributed by atoms with E-state index in [0.717, 1.165) is 29.8 Å². The van der Waals surface area contributed by atoms with Crippen LogP contribution in [-0.2, 0) is 24.3 Å². The number of allylic oxidation sites excluding steroid dienone is 1. The fourth-order valence-electron chi connectivity index (χ4n) is 5.80. The van der Waals surface area contributed by atoms with Crippen LogP contribution >= 0.6 is 0 Å². The number of fused-ring (bicyclic) bond motifs is 1. The summed E-state index contributed by atoms with van der Waals surface area (Å²) in [6.07, 6.45) is 7.17. The molecule has 2 N–H and O–H groups in total. The first-order valence-electron chi connectivity index (χ1n) is 12.7. The van der Waals surface area contributed by atoms with Crippen LogP contribution < -0.4 is 10.6 Å². The first kappa shape index (κ1) is 23.3. The molecule has 2 amide bonds. The molecule has 6 nitrogen and oxygen atoms in total. The van der Waals surface area contributed by atoms with Crippen LogP contribution in [0.2, 0.25) is 0 Å². The van der Waals surface area contributed by atoms with E-state index >= 15 is 0 Å². The molecule has 1 unspecified atom stereocenters. The van der Waals surface area contributed by atoms with Gasteiger partial charge in [0.05, 0.1) is 11.6 Å². The molecule has 35 heavy (non-hydrogen) atoms. The van der Waals surface area contributed by atoms with Gasteiger partial charge in [0.1, 0.15) is 6.04 Å². The van der Waals surface area contributed by atoms with E-state index in [4.69, 9.17) is 5.26 Å². The van der Waals surface area contributed by atoms with E-state index in [1.165, 1.54) is 36.8 Å². The minimum absolute atomic E-state index is 0.0427. The number of benzene rings is 2. The fourth-order valence-corrected chi connectivity index (χ4v) is 5.80. The summed E-state index contributed by atoms with van der Waals surface area (Å²) in [5, 5.41) is 15.6. The maximum Gasteiger partial charge on any atom is 0.255 e. The van der Waals surface area contributed by atoms with Crippen molar-refractivity contribution in [3.63, 3.8) is 0 Å². The second kappa shape index (κ2) is 10.1. The number of nitriles is 1. The van der Waals surface area contributed by atoms with Gasteiger partial charge in [-0.2, -0.15) is 5.26 Å². The Bertz CT molecular complexity index is 1180. The maximum atomic E-state index is 13.0. The molecule has 0 radical (unpaired) electrons. The molecular formula is C29H32N4O2. The van der Waals surface area contributed by atoms with E-state index in [9.17, 15) is 9.59 Å². The topological polar surface area (TPSA) is 85.2 Å². The summed E-state index contributed by atoms with van der Waals surface area (Å²) in [5.74, 6) is 0.378. The zero-order valence-electron chi connectivity index (χ0n) is 20.1. The fraction of sp³-hybridized carbons (Fsp3) is 0.414. The lowest BCUT2D eigenvalue weighted by Crippen LogP contribution is -2.49. The summed E-state index contributed by atoms with van der Waals surface area (Å²) in [5.41, 5.74) is 5.63. The van der Waals surface area contributed by atoms with E-state index in [2.05, 4.69) is 35.4 Å². The van der Waals surface area contributed by atoms with Crippen LogP contribution in [0.5, 0.6) is 0 Å². The third-order valence-corrected chi connectivity index (χ3v) is 7.76. The van der Waals surface area contributed by atoms with Gasteiger partial charge in [0.25, 0.3) is 5.91 Å². The highest BCUT2D eigenvalue weighted by Gasteiger charge is 2.38. The number of hydrogen-bond donors (Lipinski definition) is 2. The highest BCUT2D eigenvalue weighted by molar-refractivity contribution is 6.01. The Kier molecular flexibility index (Phi) is 6.70. The van der Waals surface area contributed by atoms with Crippen molar-refractivity contribution in [1.29, 1.82) is 5.26 Å². The molecule has 2 heterocycles. The Morgan fingerprint density at radius 1 is 1.06 bits per heavy atom. The molecule has 2 aliphatic heterocycles. The summed E-state index contributed by atoms with van der Waals surface area (Å²) in [4.78, 5) is 27.2. The van der Waals surface area contributed by atoms with Crippen LogP contribution in [0, 0.1) is 17.2 Å². The van der Waals surface area contributed by atoms with Crippen LogP contribution in [0.1, 0.15) is 71.1 Å². The van der Waals surface area contributed by atoms with Gasteiger partial charge in [-0.3, -0.25) is 9.59 Å². The van der Waals surface area contributed by atoms with Gasteiger partial charge in [-0.15, -0.1) is 0 Å². The van der Waals surface area contributed by atoms with Gasteiger partial charge in [-0.1, -0.05) is 43.7 Å². The number of piperidine rings is 1. The molecule has 180 valence electrons. The van der Waals surface area contributed by atoms with E-state index in [0.29, 0.717) is 36.9 Å². The first-order chi connectivity index (χ1) is 17.0. The Morgan fingerprint density at radius 2 is 1.83 bits per heavy atom. The minimum atomic E-state index is -0.419. The Labute approximate surface area is 207 Å². The van der Waals surface area contributed by atoms with Crippen molar-refractivity contribution in [3.05, 3.63) is 82.6 Å². The van der Waals surface area contributed by atoms with Crippen molar-refractivity contribution in [1.82, 2.24) is 15.5 Å². The Morgan fingerprint density at radius 3 is 2.60 bits per heavy atom. The summed E-state index contributed by atoms with van der Waals surface area (Å²) in [7, 11) is 0. The second-order valence-electron chi connectivity index (χ2n) is 10.1. The lowest BCUT2D eigenvalue weighted by molar-refractivity contribution is -0.126. The molecule has 2 fully saturated rings. The summed E-state index contributed by atoms with van der Waals surface area (Å²) in [6.45, 7) is 5.14. The van der Waals surface area contributed by atoms with Gasteiger partial charge >= 0.3 is 0 Å². The molecule has 1 saturated heterocycles. The highest BCUT2D eigenvalue weighted by atomic mass is 16.2. The molecule has 0 bridgehead atoms. The quantitative estimate of drug-likeness (QED) is 0.666. The van der Waals surface area contributed by atoms with Crippen molar-refractivity contribution in [2.24, 2.45) is 5.92 Å². The molecule has 3 atom stereocenters. The molecule has 3 aliphatic rings. The Balaban J connectivity index is 1.24. The van der Waals surface area contributed by atoms with Crippen LogP contribution in [0.25, 0.3) is 0 Å². The van der Waals surface area contributed by atoms with E-state index in [1.807, 2.05) is 30.3 Å². The molecule has 2 aromatic carbocycles. The predicted octanol–water partition coefficient (Wildman–Crippen LogP) is 4.20. The average molecular weight is 469 g/mol. The van der Waals surface area contributed by atoms with Crippen LogP contribution in [0.15, 0.2) is 54.7 Å². The minimum Gasteiger partial charge on any atom is -0.329 e. The molecule has 1 aliphatic carbocycles. The number of carbonyl (C=O) groups is 2. The lowest BCUT2D eigenvalue weighted by Gasteiger charge is -2.33. The molecule has 0 aromatic heterocycles. The van der Waals surface area contributed by atoms with Crippen molar-refractivity contribution in [3.8, 4) is 6.07 Å². The monoisotopic (exact) mass is 468 g/mol. The van der Waals surface area contributed by atoms with Crippen LogP contribution in [-0.4, -0.2) is 28.8 Å². The van der Waals surface area contributed by atoms with Gasteiger partial charge in [0.2, 0.25) is 5.91 Å². The van der Waals surface area contributed by atoms with Gasteiger partial charge in [-0.05, 0) is 72.9 Å². The maximum absolute atomic E-state index is 13.0. The standard InChI is InChI=1S/C29H32N4O2/c1-19-6-13-27(28(34)32-19)33-18-24-15-22(11-12-25(24)29(33)35)14-23-4-2-3-5-26(23)31-17-21-9-7-20(16-30)8-10-21/h7-12,15,23,26-27,31H,1-6,13-14,17-18H2,(H,32,34)/t23-,26+,27?/m1/s1. The molecule has 2 aromatic rings. The molecule has 0 spiro atoms. The average Bonchev–Trinajstić information content (AvgIpc) is 3.19. The normalized spacial score (nSPS) is 24.1. The van der Waals surface area contributed by atoms with Gasteiger partial charge in [0, 0.05) is 30.4 Å². The zero-order chi connectivity index (χ0) is 24.4. The molecule has 1 saturated carbocycles. The van der Waals surface area contributed by atoms with Gasteiger partial charge < -0.3 is 15.5 Å².